The molecule has 0 radical (unpaired) electrons. The molecule has 0 saturated heterocycles. The van der Waals surface area contributed by atoms with Crippen molar-refractivity contribution in [1.29, 1.82) is 0 Å². The molecule has 0 bridgehead atoms. The molecule has 0 aliphatic heterocycles. The Kier molecular flexibility index (Phi) is 6.41. The van der Waals surface area contributed by atoms with Gasteiger partial charge in [0, 0.05) is 6.42 Å². The van der Waals surface area contributed by atoms with E-state index >= 15 is 0 Å². The van der Waals surface area contributed by atoms with Crippen molar-refractivity contribution in [2.24, 2.45) is 16.3 Å². The van der Waals surface area contributed by atoms with Crippen LogP contribution in [0.1, 0.15) is 40.0 Å². The smallest absolute Gasteiger partial charge is 0.316 e. The van der Waals surface area contributed by atoms with E-state index in [0.717, 1.165) is 0 Å². The van der Waals surface area contributed by atoms with Gasteiger partial charge in [0.25, 0.3) is 0 Å². The fraction of sp³-hybridized carbons (Fsp3) is 0.476. The highest BCUT2D eigenvalue weighted by Crippen LogP contribution is 2.43. The number of esters is 1. The highest BCUT2D eigenvalue weighted by molar-refractivity contribution is 6.24. The molecule has 0 fully saturated rings. The third-order valence-corrected chi connectivity index (χ3v) is 4.75. The van der Waals surface area contributed by atoms with Crippen molar-refractivity contribution in [3.63, 3.8) is 0 Å². The van der Waals surface area contributed by atoms with E-state index < -0.39 is 17.3 Å². The van der Waals surface area contributed by atoms with Crippen LogP contribution in [0, 0.1) is 11.3 Å². The summed E-state index contributed by atoms with van der Waals surface area (Å²) in [6.45, 7) is 5.60. The van der Waals surface area contributed by atoms with Gasteiger partial charge >= 0.3 is 5.97 Å². The predicted molar refractivity (Wildman–Crippen MR) is 104 cm³/mol. The van der Waals surface area contributed by atoms with Crippen molar-refractivity contribution in [3.8, 4) is 5.75 Å². The molecule has 1 aromatic carbocycles. The second-order valence-corrected chi connectivity index (χ2v) is 7.31. The van der Waals surface area contributed by atoms with Gasteiger partial charge in [-0.25, -0.2) is 0 Å². The molecule has 1 aromatic rings. The third kappa shape index (κ3) is 4.38. The van der Waals surface area contributed by atoms with Gasteiger partial charge in [0.1, 0.15) is 17.4 Å². The van der Waals surface area contributed by atoms with Crippen LogP contribution in [0.5, 0.6) is 5.75 Å². The zero-order valence-electron chi connectivity index (χ0n) is 16.5. The number of allylic oxidation sites excluding steroid dienone is 1. The normalized spacial score (nSPS) is 20.5. The summed E-state index contributed by atoms with van der Waals surface area (Å²) < 4.78 is 10.0. The summed E-state index contributed by atoms with van der Waals surface area (Å²) in [6.07, 6.45) is 1.28. The molecule has 2 rings (SSSR count). The minimum Gasteiger partial charge on any atom is -0.511 e. The number of aliphatic hydroxyl groups is 1. The fourth-order valence-electron chi connectivity index (χ4n) is 3.40. The number of aliphatic hydroxyl groups excluding tert-OH is 1. The molecule has 0 amide bonds. The Balaban J connectivity index is 2.59. The standard InChI is InChI=1S/C21H27NO5/c1-6-7-16(23)17-15(22-13-8-10-14(26-4)11-9-13)12-21(2,3)18(19(17)24)20(25)27-5/h8-11,18,24H,6-7,12H2,1-5H3/t18-/m0/s1. The topological polar surface area (TPSA) is 85.2 Å². The number of Topliss-reactive ketones (excluding diaryl/α,β-unsaturated/α-hetero) is 1. The van der Waals surface area contributed by atoms with Crippen LogP contribution in [0.15, 0.2) is 40.6 Å². The van der Waals surface area contributed by atoms with Gasteiger partial charge in [-0.1, -0.05) is 20.8 Å². The molecule has 0 aromatic heterocycles. The van der Waals surface area contributed by atoms with Gasteiger partial charge in [0.05, 0.1) is 31.2 Å². The molecule has 1 aliphatic carbocycles. The molecule has 1 atom stereocenters. The highest BCUT2D eigenvalue weighted by atomic mass is 16.5. The van der Waals surface area contributed by atoms with E-state index in [-0.39, 0.29) is 23.5 Å². The molecule has 0 unspecified atom stereocenters. The van der Waals surface area contributed by atoms with Crippen molar-refractivity contribution < 1.29 is 24.2 Å². The Morgan fingerprint density at radius 1 is 1.22 bits per heavy atom. The van der Waals surface area contributed by atoms with E-state index in [1.807, 2.05) is 20.8 Å². The lowest BCUT2D eigenvalue weighted by Crippen LogP contribution is -2.41. The van der Waals surface area contributed by atoms with E-state index in [4.69, 9.17) is 9.47 Å². The van der Waals surface area contributed by atoms with E-state index in [2.05, 4.69) is 4.99 Å². The van der Waals surface area contributed by atoms with Gasteiger partial charge in [-0.3, -0.25) is 14.6 Å². The van der Waals surface area contributed by atoms with Crippen LogP contribution in [0.2, 0.25) is 0 Å². The molecular weight excluding hydrogens is 346 g/mol. The van der Waals surface area contributed by atoms with Crippen molar-refractivity contribution in [2.45, 2.75) is 40.0 Å². The Labute approximate surface area is 159 Å². The van der Waals surface area contributed by atoms with E-state index in [1.165, 1.54) is 7.11 Å². The van der Waals surface area contributed by atoms with Crippen LogP contribution < -0.4 is 4.74 Å². The Morgan fingerprint density at radius 3 is 2.37 bits per heavy atom. The van der Waals surface area contributed by atoms with E-state index in [0.29, 0.717) is 30.0 Å². The van der Waals surface area contributed by atoms with Gasteiger partial charge < -0.3 is 14.6 Å². The molecule has 0 heterocycles. The van der Waals surface area contributed by atoms with Crippen LogP contribution >= 0.6 is 0 Å². The quantitative estimate of drug-likeness (QED) is 0.757. The first-order chi connectivity index (χ1) is 12.7. The number of hydrogen-bond acceptors (Lipinski definition) is 6. The first-order valence-electron chi connectivity index (χ1n) is 9.01. The highest BCUT2D eigenvalue weighted by Gasteiger charge is 2.47. The van der Waals surface area contributed by atoms with Crippen molar-refractivity contribution in [2.75, 3.05) is 14.2 Å². The summed E-state index contributed by atoms with van der Waals surface area (Å²) in [5.41, 5.74) is 0.634. The molecular formula is C21H27NO5. The average Bonchev–Trinajstić information content (AvgIpc) is 2.61. The second kappa shape index (κ2) is 8.37. The van der Waals surface area contributed by atoms with Gasteiger partial charge in [0.15, 0.2) is 5.78 Å². The summed E-state index contributed by atoms with van der Waals surface area (Å²) >= 11 is 0. The number of ether oxygens (including phenoxy) is 2. The second-order valence-electron chi connectivity index (χ2n) is 7.31. The first-order valence-corrected chi connectivity index (χ1v) is 9.01. The zero-order valence-corrected chi connectivity index (χ0v) is 16.5. The number of methoxy groups -OCH3 is 2. The molecule has 1 aliphatic rings. The maximum Gasteiger partial charge on any atom is 0.316 e. The fourth-order valence-corrected chi connectivity index (χ4v) is 3.40. The number of carbonyl (C=O) groups excluding carboxylic acids is 2. The van der Waals surface area contributed by atoms with Crippen LogP contribution in [-0.2, 0) is 14.3 Å². The van der Waals surface area contributed by atoms with Gasteiger partial charge in [-0.05, 0) is 42.5 Å². The Hall–Kier alpha value is -2.63. The summed E-state index contributed by atoms with van der Waals surface area (Å²) in [7, 11) is 2.86. The Bertz CT molecular complexity index is 774. The average molecular weight is 373 g/mol. The predicted octanol–water partition coefficient (Wildman–Crippen LogP) is 4.17. The monoisotopic (exact) mass is 373 g/mol. The van der Waals surface area contributed by atoms with E-state index in [1.54, 1.807) is 31.4 Å². The summed E-state index contributed by atoms with van der Waals surface area (Å²) in [4.78, 5) is 29.6. The van der Waals surface area contributed by atoms with Gasteiger partial charge in [-0.15, -0.1) is 0 Å². The van der Waals surface area contributed by atoms with Crippen molar-refractivity contribution in [1.82, 2.24) is 0 Å². The number of nitrogens with zero attached hydrogens (tertiary/aromatic N) is 1. The number of rotatable bonds is 6. The zero-order chi connectivity index (χ0) is 20.2. The lowest BCUT2D eigenvalue weighted by Gasteiger charge is -2.37. The summed E-state index contributed by atoms with van der Waals surface area (Å²) in [5.74, 6) is -1.21. The van der Waals surface area contributed by atoms with Gasteiger partial charge in [-0.2, -0.15) is 0 Å². The largest absolute Gasteiger partial charge is 0.511 e. The van der Waals surface area contributed by atoms with Crippen LogP contribution in [0.25, 0.3) is 0 Å². The molecule has 6 nitrogen and oxygen atoms in total. The number of benzene rings is 1. The van der Waals surface area contributed by atoms with E-state index in [9.17, 15) is 14.7 Å². The minimum absolute atomic E-state index is 0.141. The third-order valence-electron chi connectivity index (χ3n) is 4.75. The molecule has 1 N–H and O–H groups in total. The van der Waals surface area contributed by atoms with Crippen LogP contribution in [0.4, 0.5) is 5.69 Å². The lowest BCUT2D eigenvalue weighted by molar-refractivity contribution is -0.149. The van der Waals surface area contributed by atoms with Crippen molar-refractivity contribution in [3.05, 3.63) is 35.6 Å². The molecule has 27 heavy (non-hydrogen) atoms. The maximum atomic E-state index is 12.7. The number of hydrogen-bond donors (Lipinski definition) is 1. The van der Waals surface area contributed by atoms with Crippen LogP contribution in [0.3, 0.4) is 0 Å². The van der Waals surface area contributed by atoms with Gasteiger partial charge in [0.2, 0.25) is 0 Å². The molecule has 146 valence electrons. The van der Waals surface area contributed by atoms with Crippen LogP contribution in [-0.4, -0.2) is 36.8 Å². The number of ketones is 1. The maximum absolute atomic E-state index is 12.7. The van der Waals surface area contributed by atoms with Crippen molar-refractivity contribution >= 4 is 23.2 Å². The number of carbonyl (C=O) groups is 2. The number of aliphatic imine (C=N–C) groups is 1. The lowest BCUT2D eigenvalue weighted by atomic mass is 9.67. The molecule has 0 spiro atoms. The molecule has 6 heteroatoms. The molecule has 0 saturated carbocycles. The summed E-state index contributed by atoms with van der Waals surface area (Å²) in [5, 5.41) is 10.9. The summed E-state index contributed by atoms with van der Waals surface area (Å²) in [6, 6.07) is 7.12. The first kappa shape index (κ1) is 20.7. The minimum atomic E-state index is -0.895. The Morgan fingerprint density at radius 2 is 1.85 bits per heavy atom. The SMILES string of the molecule is CCCC(=O)C1=C(O)[C@@H](C(=O)OC)C(C)(C)CC1=Nc1ccc(OC)cc1.